The predicted molar refractivity (Wildman–Crippen MR) is 113 cm³/mol. The van der Waals surface area contributed by atoms with Gasteiger partial charge in [-0.1, -0.05) is 42.5 Å². The highest BCUT2D eigenvalue weighted by Crippen LogP contribution is 2.25. The van der Waals surface area contributed by atoms with Crippen LogP contribution < -0.4 is 14.8 Å². The molecule has 1 heterocycles. The number of carbonyl (C=O) groups excluding carboxylic acids is 1. The van der Waals surface area contributed by atoms with Crippen molar-refractivity contribution in [3.8, 4) is 11.5 Å². The minimum absolute atomic E-state index is 0.00525. The van der Waals surface area contributed by atoms with Gasteiger partial charge in [-0.2, -0.15) is 0 Å². The Balaban J connectivity index is 1.67. The van der Waals surface area contributed by atoms with Gasteiger partial charge in [0, 0.05) is 30.9 Å². The molecule has 0 aliphatic rings. The van der Waals surface area contributed by atoms with Crippen LogP contribution in [0.3, 0.4) is 0 Å². The Morgan fingerprint density at radius 3 is 2.48 bits per heavy atom. The van der Waals surface area contributed by atoms with Gasteiger partial charge in [0.2, 0.25) is 5.91 Å². The first kappa shape index (κ1) is 20.4. The van der Waals surface area contributed by atoms with E-state index in [0.29, 0.717) is 19.4 Å². The number of aromatic nitrogens is 1. The highest BCUT2D eigenvalue weighted by Gasteiger charge is 2.21. The molecule has 0 spiro atoms. The molecule has 2 aromatic carbocycles. The second kappa shape index (κ2) is 10.3. The summed E-state index contributed by atoms with van der Waals surface area (Å²) in [5.41, 5.74) is 2.90. The van der Waals surface area contributed by atoms with Crippen molar-refractivity contribution in [1.29, 1.82) is 0 Å². The van der Waals surface area contributed by atoms with Gasteiger partial charge in [-0.25, -0.2) is 0 Å². The molecule has 1 N–H and O–H groups in total. The first-order valence-corrected chi connectivity index (χ1v) is 9.64. The average molecular weight is 390 g/mol. The molecule has 1 unspecified atom stereocenters. The fourth-order valence-corrected chi connectivity index (χ4v) is 3.28. The van der Waals surface area contributed by atoms with E-state index >= 15 is 0 Å². The number of hydrogen-bond donors (Lipinski definition) is 1. The molecule has 1 amide bonds. The number of benzene rings is 2. The zero-order valence-electron chi connectivity index (χ0n) is 16.8. The van der Waals surface area contributed by atoms with Crippen molar-refractivity contribution in [2.75, 3.05) is 20.8 Å². The SMILES string of the molecule is COc1ccc(CCNC(=O)C(Cc2ccccn2)c2ccccc2)c(OC)c1. The zero-order chi connectivity index (χ0) is 20.5. The Morgan fingerprint density at radius 2 is 1.79 bits per heavy atom. The number of rotatable bonds is 9. The fourth-order valence-electron chi connectivity index (χ4n) is 3.28. The van der Waals surface area contributed by atoms with Crippen molar-refractivity contribution >= 4 is 5.91 Å². The number of carbonyl (C=O) groups is 1. The first-order valence-electron chi connectivity index (χ1n) is 9.64. The summed E-state index contributed by atoms with van der Waals surface area (Å²) in [5, 5.41) is 3.08. The molecule has 0 radical (unpaired) electrons. The summed E-state index contributed by atoms with van der Waals surface area (Å²) < 4.78 is 10.7. The Morgan fingerprint density at radius 1 is 1.00 bits per heavy atom. The van der Waals surface area contributed by atoms with Gasteiger partial charge in [0.1, 0.15) is 11.5 Å². The van der Waals surface area contributed by atoms with E-state index in [1.54, 1.807) is 20.4 Å². The summed E-state index contributed by atoms with van der Waals surface area (Å²) in [7, 11) is 3.26. The minimum Gasteiger partial charge on any atom is -0.497 e. The Kier molecular flexibility index (Phi) is 7.22. The van der Waals surface area contributed by atoms with E-state index in [1.807, 2.05) is 66.7 Å². The molecule has 0 saturated carbocycles. The van der Waals surface area contributed by atoms with Gasteiger partial charge in [0.25, 0.3) is 0 Å². The van der Waals surface area contributed by atoms with E-state index in [-0.39, 0.29) is 11.8 Å². The number of methoxy groups -OCH3 is 2. The van der Waals surface area contributed by atoms with Gasteiger partial charge in [-0.05, 0) is 35.7 Å². The van der Waals surface area contributed by atoms with Crippen molar-refractivity contribution < 1.29 is 14.3 Å². The third kappa shape index (κ3) is 5.57. The monoisotopic (exact) mass is 390 g/mol. The van der Waals surface area contributed by atoms with Gasteiger partial charge in [-0.15, -0.1) is 0 Å². The Hall–Kier alpha value is -3.34. The zero-order valence-corrected chi connectivity index (χ0v) is 16.8. The normalized spacial score (nSPS) is 11.5. The van der Waals surface area contributed by atoms with Gasteiger partial charge in [0.15, 0.2) is 0 Å². The molecule has 1 atom stereocenters. The average Bonchev–Trinajstić information content (AvgIpc) is 2.78. The standard InChI is InChI=1S/C24H26N2O3/c1-28-21-12-11-19(23(17-21)29-2)13-15-26-24(27)22(18-8-4-3-5-9-18)16-20-10-6-7-14-25-20/h3-12,14,17,22H,13,15-16H2,1-2H3,(H,26,27). The van der Waals surface area contributed by atoms with Crippen LogP contribution >= 0.6 is 0 Å². The number of nitrogens with zero attached hydrogens (tertiary/aromatic N) is 1. The number of hydrogen-bond acceptors (Lipinski definition) is 4. The van der Waals surface area contributed by atoms with Crippen LogP contribution in [0, 0.1) is 0 Å². The van der Waals surface area contributed by atoms with Crippen molar-refractivity contribution in [2.24, 2.45) is 0 Å². The maximum Gasteiger partial charge on any atom is 0.227 e. The molecule has 5 nitrogen and oxygen atoms in total. The highest BCUT2D eigenvalue weighted by molar-refractivity contribution is 5.83. The molecule has 3 aromatic rings. The molecule has 150 valence electrons. The number of pyridine rings is 1. The van der Waals surface area contributed by atoms with Crippen LogP contribution in [0.25, 0.3) is 0 Å². The molecule has 0 fully saturated rings. The molecule has 0 aliphatic carbocycles. The van der Waals surface area contributed by atoms with Crippen molar-refractivity contribution in [3.05, 3.63) is 89.7 Å². The maximum atomic E-state index is 13.0. The molecule has 29 heavy (non-hydrogen) atoms. The largest absolute Gasteiger partial charge is 0.497 e. The molecule has 5 heteroatoms. The van der Waals surface area contributed by atoms with Gasteiger partial charge in [0.05, 0.1) is 20.1 Å². The van der Waals surface area contributed by atoms with Crippen LogP contribution in [0.1, 0.15) is 22.7 Å². The number of ether oxygens (including phenoxy) is 2. The van der Waals surface area contributed by atoms with Crippen LogP contribution in [-0.2, 0) is 17.6 Å². The lowest BCUT2D eigenvalue weighted by molar-refractivity contribution is -0.122. The topological polar surface area (TPSA) is 60.5 Å². The predicted octanol–water partition coefficient (Wildman–Crippen LogP) is 3.78. The summed E-state index contributed by atoms with van der Waals surface area (Å²) in [6.45, 7) is 0.521. The summed E-state index contributed by atoms with van der Waals surface area (Å²) in [5.74, 6) is 1.21. The van der Waals surface area contributed by atoms with Crippen LogP contribution in [0.5, 0.6) is 11.5 Å². The molecule has 3 rings (SSSR count). The third-order valence-corrected chi connectivity index (χ3v) is 4.85. The molecular weight excluding hydrogens is 364 g/mol. The van der Waals surface area contributed by atoms with E-state index in [1.165, 1.54) is 0 Å². The number of nitrogens with one attached hydrogen (secondary N) is 1. The lowest BCUT2D eigenvalue weighted by Crippen LogP contribution is -2.32. The van der Waals surface area contributed by atoms with Crippen molar-refractivity contribution in [1.82, 2.24) is 10.3 Å². The summed E-state index contributed by atoms with van der Waals surface area (Å²) >= 11 is 0. The summed E-state index contributed by atoms with van der Waals surface area (Å²) in [6, 6.07) is 21.3. The van der Waals surface area contributed by atoms with E-state index in [9.17, 15) is 4.79 Å². The molecule has 0 aliphatic heterocycles. The number of amides is 1. The maximum absolute atomic E-state index is 13.0. The quantitative estimate of drug-likeness (QED) is 0.604. The minimum atomic E-state index is -0.288. The summed E-state index contributed by atoms with van der Waals surface area (Å²) in [6.07, 6.45) is 2.98. The van der Waals surface area contributed by atoms with E-state index in [4.69, 9.17) is 9.47 Å². The Labute approximate surface area is 171 Å². The van der Waals surface area contributed by atoms with Gasteiger partial charge < -0.3 is 14.8 Å². The molecular formula is C24H26N2O3. The van der Waals surface area contributed by atoms with Crippen molar-refractivity contribution in [2.45, 2.75) is 18.8 Å². The molecule has 1 aromatic heterocycles. The second-order valence-corrected chi connectivity index (χ2v) is 6.71. The van der Waals surface area contributed by atoms with Crippen LogP contribution in [-0.4, -0.2) is 31.7 Å². The lowest BCUT2D eigenvalue weighted by atomic mass is 9.93. The van der Waals surface area contributed by atoms with Gasteiger partial charge in [-0.3, -0.25) is 9.78 Å². The fraction of sp³-hybridized carbons (Fsp3) is 0.250. The third-order valence-electron chi connectivity index (χ3n) is 4.85. The van der Waals surface area contributed by atoms with Crippen LogP contribution in [0.4, 0.5) is 0 Å². The first-order chi connectivity index (χ1) is 14.2. The van der Waals surface area contributed by atoms with Crippen LogP contribution in [0.2, 0.25) is 0 Å². The van der Waals surface area contributed by atoms with E-state index in [2.05, 4.69) is 10.3 Å². The Bertz CT molecular complexity index is 914. The highest BCUT2D eigenvalue weighted by atomic mass is 16.5. The lowest BCUT2D eigenvalue weighted by Gasteiger charge is -2.17. The van der Waals surface area contributed by atoms with E-state index < -0.39 is 0 Å². The van der Waals surface area contributed by atoms with E-state index in [0.717, 1.165) is 28.3 Å². The van der Waals surface area contributed by atoms with Crippen LogP contribution in [0.15, 0.2) is 72.9 Å². The van der Waals surface area contributed by atoms with Crippen molar-refractivity contribution in [3.63, 3.8) is 0 Å². The molecule has 0 bridgehead atoms. The van der Waals surface area contributed by atoms with Gasteiger partial charge >= 0.3 is 0 Å². The second-order valence-electron chi connectivity index (χ2n) is 6.71. The summed E-state index contributed by atoms with van der Waals surface area (Å²) in [4.78, 5) is 17.4. The molecule has 0 saturated heterocycles. The smallest absolute Gasteiger partial charge is 0.227 e.